The molecule has 10 heteroatoms. The highest BCUT2D eigenvalue weighted by atomic mass is 35.5. The average Bonchev–Trinajstić information content (AvgIpc) is 3.22. The maximum Gasteiger partial charge on any atom is 0.269 e. The van der Waals surface area contributed by atoms with Gasteiger partial charge in [0, 0.05) is 18.2 Å². The number of piperidine rings is 1. The van der Waals surface area contributed by atoms with Crippen LogP contribution < -0.4 is 10.9 Å². The Morgan fingerprint density at radius 1 is 1.23 bits per heavy atom. The normalized spacial score (nSPS) is 17.5. The third-order valence-electron chi connectivity index (χ3n) is 5.42. The zero-order chi connectivity index (χ0) is 22.0. The van der Waals surface area contributed by atoms with Gasteiger partial charge in [-0.15, -0.1) is 0 Å². The van der Waals surface area contributed by atoms with E-state index >= 15 is 0 Å². The lowest BCUT2D eigenvalue weighted by molar-refractivity contribution is 0.0962. The summed E-state index contributed by atoms with van der Waals surface area (Å²) in [4.78, 5) is 17.1. The van der Waals surface area contributed by atoms with Crippen LogP contribution in [0.4, 0.5) is 5.13 Å². The first-order valence-electron chi connectivity index (χ1n) is 10.1. The molecule has 1 atom stereocenters. The van der Waals surface area contributed by atoms with Gasteiger partial charge < -0.3 is 0 Å². The lowest BCUT2D eigenvalue weighted by atomic mass is 10.0. The van der Waals surface area contributed by atoms with E-state index < -0.39 is 15.9 Å². The summed E-state index contributed by atoms with van der Waals surface area (Å²) in [6.07, 6.45) is 3.61. The van der Waals surface area contributed by atoms with E-state index in [0.29, 0.717) is 27.8 Å². The van der Waals surface area contributed by atoms with E-state index in [9.17, 15) is 13.2 Å². The third kappa shape index (κ3) is 4.55. The molecule has 1 unspecified atom stereocenters. The van der Waals surface area contributed by atoms with Gasteiger partial charge in [0.05, 0.1) is 14.6 Å². The second kappa shape index (κ2) is 9.12. The molecule has 1 amide bonds. The van der Waals surface area contributed by atoms with Crippen molar-refractivity contribution in [2.75, 3.05) is 12.0 Å². The van der Waals surface area contributed by atoms with Crippen LogP contribution in [0.2, 0.25) is 5.02 Å². The minimum absolute atomic E-state index is 0.0354. The minimum atomic E-state index is -3.57. The zero-order valence-electron chi connectivity index (χ0n) is 17.0. The van der Waals surface area contributed by atoms with Crippen LogP contribution in [0.3, 0.4) is 0 Å². The Labute approximate surface area is 190 Å². The molecular weight excluding hydrogens is 456 g/mol. The monoisotopic (exact) mass is 478 g/mol. The van der Waals surface area contributed by atoms with Gasteiger partial charge in [-0.2, -0.15) is 4.31 Å². The smallest absolute Gasteiger partial charge is 0.269 e. The number of nitrogens with zero attached hydrogens (tertiary/aromatic N) is 2. The van der Waals surface area contributed by atoms with Crippen molar-refractivity contribution in [1.82, 2.24) is 14.7 Å². The lowest BCUT2D eigenvalue weighted by Gasteiger charge is -2.34. The van der Waals surface area contributed by atoms with E-state index in [1.54, 1.807) is 10.4 Å². The highest BCUT2D eigenvalue weighted by molar-refractivity contribution is 7.89. The van der Waals surface area contributed by atoms with Crippen molar-refractivity contribution < 1.29 is 13.2 Å². The summed E-state index contributed by atoms with van der Waals surface area (Å²) in [5, 5.41) is 1.05. The number of hydrogen-bond donors (Lipinski definition) is 2. The number of benzene rings is 2. The maximum absolute atomic E-state index is 13.1. The summed E-state index contributed by atoms with van der Waals surface area (Å²) >= 11 is 7.50. The van der Waals surface area contributed by atoms with E-state index in [-0.39, 0.29) is 10.9 Å². The Morgan fingerprint density at radius 2 is 2.00 bits per heavy atom. The van der Waals surface area contributed by atoms with E-state index in [2.05, 4.69) is 15.8 Å². The quantitative estimate of drug-likeness (QED) is 0.503. The Hall–Kier alpha value is -2.20. The van der Waals surface area contributed by atoms with Crippen molar-refractivity contribution in [2.45, 2.75) is 43.5 Å². The predicted octanol–water partition coefficient (Wildman–Crippen LogP) is 4.66. The van der Waals surface area contributed by atoms with E-state index in [1.807, 2.05) is 19.1 Å². The number of fused-ring (bicyclic) bond motifs is 1. The number of para-hydroxylation sites is 1. The summed E-state index contributed by atoms with van der Waals surface area (Å²) in [6, 6.07) is 11.5. The van der Waals surface area contributed by atoms with Crippen molar-refractivity contribution in [1.29, 1.82) is 0 Å². The number of carbonyl (C=O) groups is 1. The van der Waals surface area contributed by atoms with Crippen LogP contribution in [0.25, 0.3) is 10.2 Å². The fourth-order valence-corrected chi connectivity index (χ4v) is 6.65. The molecule has 164 valence electrons. The molecule has 0 radical (unpaired) electrons. The number of hydrazine groups is 1. The number of rotatable bonds is 6. The molecular formula is C21H23ClN4O3S2. The second-order valence-corrected chi connectivity index (χ2v) is 10.7. The Morgan fingerprint density at radius 3 is 2.71 bits per heavy atom. The van der Waals surface area contributed by atoms with Gasteiger partial charge in [-0.05, 0) is 55.7 Å². The molecule has 2 heterocycles. The van der Waals surface area contributed by atoms with Crippen LogP contribution >= 0.6 is 22.9 Å². The fraction of sp³-hybridized carbons (Fsp3) is 0.333. The maximum atomic E-state index is 13.1. The number of sulfonamides is 1. The second-order valence-electron chi connectivity index (χ2n) is 7.38. The van der Waals surface area contributed by atoms with Gasteiger partial charge in [-0.25, -0.2) is 13.4 Å². The largest absolute Gasteiger partial charge is 0.273 e. The molecule has 1 aliphatic rings. The molecule has 0 aliphatic carbocycles. The molecule has 1 aromatic heterocycles. The topological polar surface area (TPSA) is 91.4 Å². The number of carbonyl (C=O) groups excluding carboxylic acids is 1. The van der Waals surface area contributed by atoms with Gasteiger partial charge in [0.25, 0.3) is 5.91 Å². The van der Waals surface area contributed by atoms with E-state index in [4.69, 9.17) is 11.6 Å². The summed E-state index contributed by atoms with van der Waals surface area (Å²) < 4.78 is 28.6. The highest BCUT2D eigenvalue weighted by Gasteiger charge is 2.32. The van der Waals surface area contributed by atoms with Crippen LogP contribution in [0.5, 0.6) is 0 Å². The minimum Gasteiger partial charge on any atom is -0.273 e. The number of anilines is 1. The molecule has 1 saturated heterocycles. The lowest BCUT2D eigenvalue weighted by Crippen LogP contribution is -2.43. The Bertz CT molecular complexity index is 1200. The molecule has 0 spiro atoms. The Kier molecular flexibility index (Phi) is 6.47. The molecule has 2 aromatic carbocycles. The van der Waals surface area contributed by atoms with E-state index in [0.717, 1.165) is 30.4 Å². The van der Waals surface area contributed by atoms with Crippen LogP contribution in [0.1, 0.15) is 43.0 Å². The predicted molar refractivity (Wildman–Crippen MR) is 124 cm³/mol. The number of aromatic nitrogens is 1. The van der Waals surface area contributed by atoms with Crippen molar-refractivity contribution in [3.05, 3.63) is 53.1 Å². The molecule has 0 bridgehead atoms. The summed E-state index contributed by atoms with van der Waals surface area (Å²) in [5.74, 6) is -0.390. The molecule has 4 rings (SSSR count). The number of thiazole rings is 1. The van der Waals surface area contributed by atoms with Crippen LogP contribution in [0, 0.1) is 0 Å². The van der Waals surface area contributed by atoms with Gasteiger partial charge in [-0.1, -0.05) is 42.3 Å². The molecule has 0 saturated carbocycles. The fourth-order valence-electron chi connectivity index (χ4n) is 3.76. The number of hydrogen-bond acceptors (Lipinski definition) is 6. The van der Waals surface area contributed by atoms with Gasteiger partial charge in [0.2, 0.25) is 15.2 Å². The first kappa shape index (κ1) is 22.0. The van der Waals surface area contributed by atoms with Crippen molar-refractivity contribution in [3.63, 3.8) is 0 Å². The SMILES string of the molecule is CCC1CCCCN1S(=O)(=O)c1ccc(C(=O)NNc2nc3c(Cl)cccc3s2)cc1. The zero-order valence-corrected chi connectivity index (χ0v) is 19.4. The number of halogens is 1. The average molecular weight is 479 g/mol. The van der Waals surface area contributed by atoms with Crippen LogP contribution in [-0.4, -0.2) is 36.2 Å². The summed E-state index contributed by atoms with van der Waals surface area (Å²) in [5.41, 5.74) is 6.40. The molecule has 2 N–H and O–H groups in total. The molecule has 1 fully saturated rings. The molecule has 1 aliphatic heterocycles. The van der Waals surface area contributed by atoms with Crippen LogP contribution in [-0.2, 0) is 10.0 Å². The molecule has 3 aromatic rings. The van der Waals surface area contributed by atoms with Crippen molar-refractivity contribution >= 4 is 54.2 Å². The van der Waals surface area contributed by atoms with Crippen LogP contribution in [0.15, 0.2) is 47.4 Å². The first-order chi connectivity index (χ1) is 14.9. The van der Waals surface area contributed by atoms with Crippen molar-refractivity contribution in [2.24, 2.45) is 0 Å². The molecule has 7 nitrogen and oxygen atoms in total. The number of amides is 1. The first-order valence-corrected chi connectivity index (χ1v) is 12.8. The molecule has 31 heavy (non-hydrogen) atoms. The summed E-state index contributed by atoms with van der Waals surface area (Å²) in [6.45, 7) is 2.55. The van der Waals surface area contributed by atoms with Gasteiger partial charge in [0.15, 0.2) is 0 Å². The van der Waals surface area contributed by atoms with E-state index in [1.165, 1.54) is 35.6 Å². The van der Waals surface area contributed by atoms with Gasteiger partial charge in [0.1, 0.15) is 5.52 Å². The summed E-state index contributed by atoms with van der Waals surface area (Å²) in [7, 11) is -3.57. The highest BCUT2D eigenvalue weighted by Crippen LogP contribution is 2.30. The number of nitrogens with one attached hydrogen (secondary N) is 2. The standard InChI is InChI=1S/C21H23ClN4O3S2/c1-2-15-6-3-4-13-26(15)31(28,29)16-11-9-14(10-12-16)20(27)24-25-21-23-19-17(22)7-5-8-18(19)30-21/h5,7-12,15H,2-4,6,13H2,1H3,(H,23,25)(H,24,27). The van der Waals surface area contributed by atoms with Gasteiger partial charge in [-0.3, -0.25) is 15.6 Å². The van der Waals surface area contributed by atoms with Crippen molar-refractivity contribution in [3.8, 4) is 0 Å². The van der Waals surface area contributed by atoms with Gasteiger partial charge >= 0.3 is 0 Å². The Balaban J connectivity index is 1.44. The third-order valence-corrected chi connectivity index (χ3v) is 8.63.